The maximum absolute atomic E-state index is 11.3. The van der Waals surface area contributed by atoms with E-state index < -0.39 is 11.9 Å². The van der Waals surface area contributed by atoms with E-state index >= 15 is 0 Å². The van der Waals surface area contributed by atoms with E-state index in [1.54, 1.807) is 0 Å². The smallest absolute Gasteiger partial charge is 0.331 e. The number of hydrogen-bond acceptors (Lipinski definition) is 4. The Morgan fingerprint density at radius 3 is 1.57 bits per heavy atom. The average Bonchev–Trinajstić information content (AvgIpc) is 2.48. The number of carbonyl (C=O) groups is 2. The van der Waals surface area contributed by atoms with E-state index in [2.05, 4.69) is 13.8 Å². The molecular weight excluding hydrogens is 268 g/mol. The van der Waals surface area contributed by atoms with Crippen molar-refractivity contribution < 1.29 is 19.1 Å². The molecule has 0 aromatic carbocycles. The largest absolute Gasteiger partial charge is 0.463 e. The Balaban J connectivity index is 3.50. The summed E-state index contributed by atoms with van der Waals surface area (Å²) in [6, 6.07) is 0. The summed E-state index contributed by atoms with van der Waals surface area (Å²) in [5, 5.41) is 0. The van der Waals surface area contributed by atoms with Crippen molar-refractivity contribution in [1.82, 2.24) is 0 Å². The molecule has 0 bridgehead atoms. The predicted octanol–water partition coefficient (Wildman–Crippen LogP) is 4.18. The van der Waals surface area contributed by atoms with Gasteiger partial charge in [-0.2, -0.15) is 0 Å². The molecule has 0 rings (SSSR count). The zero-order valence-corrected chi connectivity index (χ0v) is 13.6. The third kappa shape index (κ3) is 14.9. The molecule has 0 aromatic heterocycles. The molecule has 0 spiro atoms. The van der Waals surface area contributed by atoms with Crippen molar-refractivity contribution in [2.45, 2.75) is 71.6 Å². The topological polar surface area (TPSA) is 52.6 Å². The van der Waals surface area contributed by atoms with E-state index in [0.29, 0.717) is 13.2 Å². The highest BCUT2D eigenvalue weighted by molar-refractivity contribution is 5.91. The second kappa shape index (κ2) is 15.1. The molecule has 0 aromatic rings. The van der Waals surface area contributed by atoms with Crippen LogP contribution < -0.4 is 0 Å². The molecule has 122 valence electrons. The van der Waals surface area contributed by atoms with E-state index in [9.17, 15) is 9.59 Å². The molecule has 0 fully saturated rings. The molecule has 0 aliphatic carbocycles. The SMILES string of the molecule is CCCCCCCCOC(=O)/C=C\C(=O)OCCCCC. The fraction of sp³-hybridized carbons (Fsp3) is 0.765. The van der Waals surface area contributed by atoms with Crippen LogP contribution in [0.5, 0.6) is 0 Å². The van der Waals surface area contributed by atoms with Crippen LogP contribution >= 0.6 is 0 Å². The van der Waals surface area contributed by atoms with Crippen LogP contribution in [0.2, 0.25) is 0 Å². The quantitative estimate of drug-likeness (QED) is 0.291. The van der Waals surface area contributed by atoms with E-state index in [4.69, 9.17) is 9.47 Å². The molecule has 0 N–H and O–H groups in total. The van der Waals surface area contributed by atoms with Crippen LogP contribution in [0.15, 0.2) is 12.2 Å². The minimum Gasteiger partial charge on any atom is -0.463 e. The minimum absolute atomic E-state index is 0.407. The standard InChI is InChI=1S/C17H30O4/c1-3-5-7-8-9-11-15-21-17(19)13-12-16(18)20-14-10-6-4-2/h12-13H,3-11,14-15H2,1-2H3/b13-12-. The van der Waals surface area contributed by atoms with Crippen LogP contribution in [0.4, 0.5) is 0 Å². The molecule has 0 atom stereocenters. The van der Waals surface area contributed by atoms with Gasteiger partial charge in [-0.1, -0.05) is 58.8 Å². The molecule has 0 amide bonds. The molecule has 4 heteroatoms. The van der Waals surface area contributed by atoms with Gasteiger partial charge in [-0.05, 0) is 12.8 Å². The number of unbranched alkanes of at least 4 members (excludes halogenated alkanes) is 7. The molecule has 4 nitrogen and oxygen atoms in total. The van der Waals surface area contributed by atoms with Gasteiger partial charge in [0.15, 0.2) is 0 Å². The first kappa shape index (κ1) is 19.7. The lowest BCUT2D eigenvalue weighted by Gasteiger charge is -2.02. The van der Waals surface area contributed by atoms with Crippen LogP contribution in [-0.4, -0.2) is 25.2 Å². The molecule has 0 saturated heterocycles. The van der Waals surface area contributed by atoms with Crippen LogP contribution in [0.3, 0.4) is 0 Å². The first-order valence-corrected chi connectivity index (χ1v) is 8.22. The molecule has 21 heavy (non-hydrogen) atoms. The lowest BCUT2D eigenvalue weighted by atomic mass is 10.1. The van der Waals surface area contributed by atoms with Crippen molar-refractivity contribution in [3.8, 4) is 0 Å². The van der Waals surface area contributed by atoms with E-state index in [1.165, 1.54) is 25.7 Å². The lowest BCUT2D eigenvalue weighted by molar-refractivity contribution is -0.140. The summed E-state index contributed by atoms with van der Waals surface area (Å²) in [4.78, 5) is 22.6. The van der Waals surface area contributed by atoms with Gasteiger partial charge in [0, 0.05) is 12.2 Å². The van der Waals surface area contributed by atoms with Crippen LogP contribution in [0, 0.1) is 0 Å². The lowest BCUT2D eigenvalue weighted by Crippen LogP contribution is -2.06. The molecule has 0 unspecified atom stereocenters. The van der Waals surface area contributed by atoms with Crippen LogP contribution in [-0.2, 0) is 19.1 Å². The van der Waals surface area contributed by atoms with Gasteiger partial charge in [-0.25, -0.2) is 9.59 Å². The van der Waals surface area contributed by atoms with Crippen LogP contribution in [0.1, 0.15) is 71.6 Å². The first-order chi connectivity index (χ1) is 10.2. The zero-order chi connectivity index (χ0) is 15.8. The Hall–Kier alpha value is -1.32. The summed E-state index contributed by atoms with van der Waals surface area (Å²) >= 11 is 0. The summed E-state index contributed by atoms with van der Waals surface area (Å²) in [5.74, 6) is -0.961. The summed E-state index contributed by atoms with van der Waals surface area (Å²) < 4.78 is 9.95. The third-order valence-electron chi connectivity index (χ3n) is 3.09. The molecule has 0 saturated carbocycles. The number of carbonyl (C=O) groups excluding carboxylic acids is 2. The van der Waals surface area contributed by atoms with E-state index in [0.717, 1.165) is 44.3 Å². The average molecular weight is 298 g/mol. The van der Waals surface area contributed by atoms with Gasteiger partial charge in [-0.3, -0.25) is 0 Å². The van der Waals surface area contributed by atoms with Crippen LogP contribution in [0.25, 0.3) is 0 Å². The van der Waals surface area contributed by atoms with Gasteiger partial charge >= 0.3 is 11.9 Å². The van der Waals surface area contributed by atoms with Crippen molar-refractivity contribution in [3.63, 3.8) is 0 Å². The zero-order valence-electron chi connectivity index (χ0n) is 13.6. The number of esters is 2. The molecule has 0 aliphatic rings. The number of ether oxygens (including phenoxy) is 2. The normalized spacial score (nSPS) is 10.8. The summed E-state index contributed by atoms with van der Waals surface area (Å²) in [5.41, 5.74) is 0. The Labute approximate surface area is 128 Å². The fourth-order valence-corrected chi connectivity index (χ4v) is 1.81. The van der Waals surface area contributed by atoms with Gasteiger partial charge in [0.05, 0.1) is 13.2 Å². The highest BCUT2D eigenvalue weighted by Gasteiger charge is 2.01. The van der Waals surface area contributed by atoms with Crippen molar-refractivity contribution >= 4 is 11.9 Å². The first-order valence-electron chi connectivity index (χ1n) is 8.22. The molecule has 0 heterocycles. The molecule has 0 aliphatic heterocycles. The van der Waals surface area contributed by atoms with Crippen molar-refractivity contribution in [2.24, 2.45) is 0 Å². The maximum atomic E-state index is 11.3. The van der Waals surface area contributed by atoms with Gasteiger partial charge in [0.2, 0.25) is 0 Å². The van der Waals surface area contributed by atoms with Gasteiger partial charge in [0.1, 0.15) is 0 Å². The monoisotopic (exact) mass is 298 g/mol. The summed E-state index contributed by atoms with van der Waals surface area (Å²) in [6.07, 6.45) is 12.1. The second-order valence-corrected chi connectivity index (χ2v) is 5.14. The predicted molar refractivity (Wildman–Crippen MR) is 84.0 cm³/mol. The van der Waals surface area contributed by atoms with Crippen molar-refractivity contribution in [2.75, 3.05) is 13.2 Å². The van der Waals surface area contributed by atoms with Gasteiger partial charge < -0.3 is 9.47 Å². The molecular formula is C17H30O4. The fourth-order valence-electron chi connectivity index (χ4n) is 1.81. The van der Waals surface area contributed by atoms with E-state index in [1.807, 2.05) is 0 Å². The van der Waals surface area contributed by atoms with Crippen molar-refractivity contribution in [3.05, 3.63) is 12.2 Å². The number of hydrogen-bond donors (Lipinski definition) is 0. The Morgan fingerprint density at radius 2 is 1.05 bits per heavy atom. The van der Waals surface area contributed by atoms with Gasteiger partial charge in [-0.15, -0.1) is 0 Å². The third-order valence-corrected chi connectivity index (χ3v) is 3.09. The number of rotatable bonds is 13. The Morgan fingerprint density at radius 1 is 0.667 bits per heavy atom. The van der Waals surface area contributed by atoms with Crippen molar-refractivity contribution in [1.29, 1.82) is 0 Å². The molecule has 0 radical (unpaired) electrons. The summed E-state index contributed by atoms with van der Waals surface area (Å²) in [7, 11) is 0. The maximum Gasteiger partial charge on any atom is 0.331 e. The Kier molecular flexibility index (Phi) is 14.1. The second-order valence-electron chi connectivity index (χ2n) is 5.14. The summed E-state index contributed by atoms with van der Waals surface area (Å²) in [6.45, 7) is 5.09. The van der Waals surface area contributed by atoms with E-state index in [-0.39, 0.29) is 0 Å². The van der Waals surface area contributed by atoms with Gasteiger partial charge in [0.25, 0.3) is 0 Å². The highest BCUT2D eigenvalue weighted by atomic mass is 16.5. The Bertz CT molecular complexity index is 297. The minimum atomic E-state index is -0.484. The highest BCUT2D eigenvalue weighted by Crippen LogP contribution is 2.05.